The quantitative estimate of drug-likeness (QED) is 0.316. The van der Waals surface area contributed by atoms with Crippen LogP contribution in [0, 0.1) is 23.2 Å². The van der Waals surface area contributed by atoms with Crippen LogP contribution in [0.4, 0.5) is 0 Å². The van der Waals surface area contributed by atoms with Gasteiger partial charge in [-0.15, -0.1) is 0 Å². The Morgan fingerprint density at radius 3 is 2.03 bits per heavy atom. The zero-order chi connectivity index (χ0) is 21.7. The molecule has 0 aliphatic heterocycles. The minimum Gasteiger partial charge on any atom is -0.0850 e. The predicted octanol–water partition coefficient (Wildman–Crippen LogP) is 9.29. The third-order valence-electron chi connectivity index (χ3n) is 8.13. The molecule has 30 heavy (non-hydrogen) atoms. The Labute approximate surface area is 186 Å². The lowest BCUT2D eigenvalue weighted by molar-refractivity contribution is 0.309. The van der Waals surface area contributed by atoms with Gasteiger partial charge in [-0.05, 0) is 103 Å². The van der Waals surface area contributed by atoms with E-state index in [4.69, 9.17) is 0 Å². The van der Waals surface area contributed by atoms with Crippen molar-refractivity contribution in [2.75, 3.05) is 0 Å². The van der Waals surface area contributed by atoms with Gasteiger partial charge in [-0.2, -0.15) is 0 Å². The molecule has 0 aromatic carbocycles. The van der Waals surface area contributed by atoms with Gasteiger partial charge in [0.05, 0.1) is 0 Å². The van der Waals surface area contributed by atoms with E-state index in [1.165, 1.54) is 51.4 Å². The van der Waals surface area contributed by atoms with Crippen molar-refractivity contribution in [3.05, 3.63) is 70.4 Å². The molecule has 0 aromatic rings. The van der Waals surface area contributed by atoms with Gasteiger partial charge in [0.25, 0.3) is 0 Å². The molecular weight excluding hydrogens is 360 g/mol. The lowest BCUT2D eigenvalue weighted by Crippen LogP contribution is -2.26. The molecule has 3 aliphatic rings. The zero-order valence-electron chi connectivity index (χ0n) is 20.4. The largest absolute Gasteiger partial charge is 0.0850 e. The van der Waals surface area contributed by atoms with Crippen molar-refractivity contribution in [3.8, 4) is 0 Å². The standard InChI is InChI=1S/C30H44/c1-22-9-13-27(14-10-22)25(4)8-7-18-30(6)19-17-24(3)20-29(30)21-26(5)28-15-11-23(2)12-16-28/h7-9,11,18,20-21,27-29H,10,12-17,19H2,1-6H3/b18-7+,25-8+,26-21+/t27-,28-,29?,30?/m0/s1. The fourth-order valence-electron chi connectivity index (χ4n) is 5.38. The van der Waals surface area contributed by atoms with Gasteiger partial charge in [0.1, 0.15) is 0 Å². The van der Waals surface area contributed by atoms with Gasteiger partial charge in [0.15, 0.2) is 0 Å². The Morgan fingerprint density at radius 1 is 0.867 bits per heavy atom. The molecule has 0 nitrogen and oxygen atoms in total. The highest BCUT2D eigenvalue weighted by molar-refractivity contribution is 5.27. The van der Waals surface area contributed by atoms with Crippen LogP contribution in [-0.2, 0) is 0 Å². The van der Waals surface area contributed by atoms with Crippen molar-refractivity contribution >= 4 is 0 Å². The van der Waals surface area contributed by atoms with Crippen molar-refractivity contribution in [3.63, 3.8) is 0 Å². The third kappa shape index (κ3) is 5.99. The first-order chi connectivity index (χ1) is 14.3. The molecule has 0 spiro atoms. The van der Waals surface area contributed by atoms with E-state index < -0.39 is 0 Å². The van der Waals surface area contributed by atoms with E-state index in [0.717, 1.165) is 11.8 Å². The summed E-state index contributed by atoms with van der Waals surface area (Å²) in [4.78, 5) is 0. The van der Waals surface area contributed by atoms with Crippen LogP contribution in [0.1, 0.15) is 92.9 Å². The molecule has 0 radical (unpaired) electrons. The molecule has 4 atom stereocenters. The summed E-state index contributed by atoms with van der Waals surface area (Å²) in [5.74, 6) is 1.99. The number of rotatable bonds is 5. The van der Waals surface area contributed by atoms with Gasteiger partial charge in [0, 0.05) is 5.92 Å². The number of hydrogen-bond donors (Lipinski definition) is 0. The van der Waals surface area contributed by atoms with Crippen molar-refractivity contribution in [2.45, 2.75) is 92.9 Å². The molecule has 164 valence electrons. The summed E-state index contributed by atoms with van der Waals surface area (Å²) in [6, 6.07) is 0. The maximum atomic E-state index is 2.61. The second kappa shape index (κ2) is 10.2. The molecule has 0 heteroatoms. The van der Waals surface area contributed by atoms with Crippen molar-refractivity contribution in [1.82, 2.24) is 0 Å². The van der Waals surface area contributed by atoms with Gasteiger partial charge < -0.3 is 0 Å². The van der Waals surface area contributed by atoms with Crippen LogP contribution < -0.4 is 0 Å². The highest BCUT2D eigenvalue weighted by Gasteiger charge is 2.32. The van der Waals surface area contributed by atoms with Crippen molar-refractivity contribution in [1.29, 1.82) is 0 Å². The van der Waals surface area contributed by atoms with E-state index in [9.17, 15) is 0 Å². The maximum absolute atomic E-state index is 2.61. The molecule has 3 rings (SSSR count). The van der Waals surface area contributed by atoms with Crippen LogP contribution in [0.2, 0.25) is 0 Å². The lowest BCUT2D eigenvalue weighted by atomic mass is 9.67. The van der Waals surface area contributed by atoms with Crippen molar-refractivity contribution < 1.29 is 0 Å². The molecule has 0 N–H and O–H groups in total. The van der Waals surface area contributed by atoms with Crippen LogP contribution in [0.3, 0.4) is 0 Å². The van der Waals surface area contributed by atoms with Gasteiger partial charge in [-0.1, -0.05) is 77.3 Å². The van der Waals surface area contributed by atoms with Crippen LogP contribution in [0.5, 0.6) is 0 Å². The number of hydrogen-bond acceptors (Lipinski definition) is 0. The van der Waals surface area contributed by atoms with Gasteiger partial charge in [-0.25, -0.2) is 0 Å². The van der Waals surface area contributed by atoms with Crippen LogP contribution in [0.25, 0.3) is 0 Å². The van der Waals surface area contributed by atoms with Gasteiger partial charge in [0.2, 0.25) is 0 Å². The minimum absolute atomic E-state index is 0.223. The molecular formula is C30H44. The minimum atomic E-state index is 0.223. The third-order valence-corrected chi connectivity index (χ3v) is 8.13. The summed E-state index contributed by atoms with van der Waals surface area (Å²) >= 11 is 0. The molecule has 2 unspecified atom stereocenters. The van der Waals surface area contributed by atoms with Crippen LogP contribution in [-0.4, -0.2) is 0 Å². The van der Waals surface area contributed by atoms with Crippen molar-refractivity contribution in [2.24, 2.45) is 23.2 Å². The monoisotopic (exact) mass is 404 g/mol. The Kier molecular flexibility index (Phi) is 7.83. The van der Waals surface area contributed by atoms with E-state index in [0.29, 0.717) is 5.92 Å². The highest BCUT2D eigenvalue weighted by atomic mass is 14.4. The molecule has 3 aliphatic carbocycles. The first-order valence-corrected chi connectivity index (χ1v) is 12.3. The predicted molar refractivity (Wildman–Crippen MR) is 133 cm³/mol. The summed E-state index contributed by atoms with van der Waals surface area (Å²) < 4.78 is 0. The molecule has 0 heterocycles. The van der Waals surface area contributed by atoms with E-state index in [1.807, 2.05) is 0 Å². The molecule has 0 amide bonds. The summed E-state index contributed by atoms with van der Waals surface area (Å²) in [7, 11) is 0. The lowest BCUT2D eigenvalue weighted by Gasteiger charge is -2.37. The van der Waals surface area contributed by atoms with E-state index in [-0.39, 0.29) is 5.41 Å². The molecule has 0 saturated carbocycles. The SMILES string of the molecule is CC1=CC[C@H](/C(C)=C/C=C/C2(C)CCC(C)=CC2/C=C(\C)[C@H]2CC=C(C)CC2)CC1. The fourth-order valence-corrected chi connectivity index (χ4v) is 5.38. The van der Waals surface area contributed by atoms with Gasteiger partial charge in [-0.3, -0.25) is 0 Å². The first kappa shape index (κ1) is 23.1. The maximum Gasteiger partial charge on any atom is 0.00404 e. The second-order valence-corrected chi connectivity index (χ2v) is 10.8. The average Bonchev–Trinajstić information content (AvgIpc) is 2.72. The molecule has 0 bridgehead atoms. The van der Waals surface area contributed by atoms with E-state index in [1.54, 1.807) is 27.9 Å². The summed E-state index contributed by atoms with van der Waals surface area (Å²) in [5, 5.41) is 0. The van der Waals surface area contributed by atoms with Gasteiger partial charge >= 0.3 is 0 Å². The van der Waals surface area contributed by atoms with E-state index in [2.05, 4.69) is 84.1 Å². The summed E-state index contributed by atoms with van der Waals surface area (Å²) in [6.45, 7) is 14.1. The van der Waals surface area contributed by atoms with Crippen LogP contribution >= 0.6 is 0 Å². The Balaban J connectivity index is 1.73. The number of allylic oxidation sites excluding steroid dienone is 12. The molecule has 0 fully saturated rings. The smallest absolute Gasteiger partial charge is 0.00404 e. The normalized spacial score (nSPS) is 33.9. The average molecular weight is 405 g/mol. The van der Waals surface area contributed by atoms with Crippen LogP contribution in [0.15, 0.2) is 70.4 Å². The molecule has 0 aromatic heterocycles. The topological polar surface area (TPSA) is 0 Å². The Hall–Kier alpha value is -1.56. The highest BCUT2D eigenvalue weighted by Crippen LogP contribution is 2.43. The zero-order valence-corrected chi connectivity index (χ0v) is 20.4. The Morgan fingerprint density at radius 2 is 1.47 bits per heavy atom. The summed E-state index contributed by atoms with van der Waals surface area (Å²) in [5.41, 5.74) is 8.08. The first-order valence-electron chi connectivity index (χ1n) is 12.3. The second-order valence-electron chi connectivity index (χ2n) is 10.8. The Bertz CT molecular complexity index is 794. The summed E-state index contributed by atoms with van der Waals surface area (Å²) in [6.07, 6.45) is 27.5. The fraction of sp³-hybridized carbons (Fsp3) is 0.600. The molecule has 0 saturated heterocycles. The van der Waals surface area contributed by atoms with E-state index >= 15 is 0 Å².